The van der Waals surface area contributed by atoms with Crippen molar-refractivity contribution in [3.63, 3.8) is 0 Å². The Hall–Kier alpha value is -2.93. The van der Waals surface area contributed by atoms with Crippen LogP contribution in [0.1, 0.15) is 22.3 Å². The molecule has 1 atom stereocenters. The van der Waals surface area contributed by atoms with Gasteiger partial charge in [-0.05, 0) is 43.2 Å². The molecular weight excluding hydrogens is 376 g/mol. The van der Waals surface area contributed by atoms with Crippen molar-refractivity contribution in [3.8, 4) is 11.3 Å². The van der Waals surface area contributed by atoms with Gasteiger partial charge in [0.05, 0.1) is 11.9 Å². The number of anilines is 1. The first-order chi connectivity index (χ1) is 13.5. The molecule has 4 rings (SSSR count). The fourth-order valence-corrected chi connectivity index (χ4v) is 3.70. The summed E-state index contributed by atoms with van der Waals surface area (Å²) in [6.07, 6.45) is 6.30. The van der Waals surface area contributed by atoms with E-state index in [1.165, 1.54) is 0 Å². The van der Waals surface area contributed by atoms with E-state index >= 15 is 0 Å². The van der Waals surface area contributed by atoms with Gasteiger partial charge < -0.3 is 10.2 Å². The number of nitrogens with zero attached hydrogens (tertiary/aromatic N) is 5. The molecule has 2 aromatic heterocycles. The molecule has 1 saturated heterocycles. The number of hydrogen-bond donors (Lipinski definition) is 1. The number of halogens is 1. The molecule has 1 aromatic carbocycles. The Labute approximate surface area is 168 Å². The Morgan fingerprint density at radius 1 is 1.32 bits per heavy atom. The summed E-state index contributed by atoms with van der Waals surface area (Å²) in [5.41, 5.74) is 3.33. The summed E-state index contributed by atoms with van der Waals surface area (Å²) in [6, 6.07) is 7.28. The largest absolute Gasteiger partial charge is 0.347 e. The average Bonchev–Trinajstić information content (AvgIpc) is 3.30. The fraction of sp³-hybridized carbons (Fsp3) is 0.300. The molecule has 0 bridgehead atoms. The third kappa shape index (κ3) is 3.99. The molecule has 1 aliphatic rings. The van der Waals surface area contributed by atoms with Crippen molar-refractivity contribution in [2.24, 2.45) is 7.05 Å². The van der Waals surface area contributed by atoms with E-state index in [0.717, 1.165) is 29.8 Å². The van der Waals surface area contributed by atoms with Crippen molar-refractivity contribution in [2.45, 2.75) is 19.4 Å². The SMILES string of the molecule is Cc1cc(Cl)cc(C(=O)NC2CCN(c3nccc(-c4cnn(C)c4)n3)C2)c1. The molecule has 8 heteroatoms. The van der Waals surface area contributed by atoms with Gasteiger partial charge in [0.25, 0.3) is 5.91 Å². The van der Waals surface area contributed by atoms with E-state index in [2.05, 4.69) is 25.3 Å². The van der Waals surface area contributed by atoms with E-state index in [0.29, 0.717) is 23.1 Å². The number of nitrogens with one attached hydrogen (secondary N) is 1. The first kappa shape index (κ1) is 18.4. The lowest BCUT2D eigenvalue weighted by molar-refractivity contribution is 0.0940. The van der Waals surface area contributed by atoms with Crippen molar-refractivity contribution in [1.82, 2.24) is 25.1 Å². The van der Waals surface area contributed by atoms with Crippen LogP contribution in [0, 0.1) is 6.92 Å². The van der Waals surface area contributed by atoms with Crippen LogP contribution in [0.2, 0.25) is 5.02 Å². The van der Waals surface area contributed by atoms with Gasteiger partial charge in [0.15, 0.2) is 0 Å². The maximum atomic E-state index is 12.6. The molecule has 28 heavy (non-hydrogen) atoms. The van der Waals surface area contributed by atoms with Crippen LogP contribution in [-0.2, 0) is 7.05 Å². The summed E-state index contributed by atoms with van der Waals surface area (Å²) in [6.45, 7) is 3.38. The molecule has 1 aliphatic heterocycles. The second-order valence-electron chi connectivity index (χ2n) is 7.07. The maximum absolute atomic E-state index is 12.6. The highest BCUT2D eigenvalue weighted by atomic mass is 35.5. The Balaban J connectivity index is 1.43. The van der Waals surface area contributed by atoms with Gasteiger partial charge >= 0.3 is 0 Å². The third-order valence-electron chi connectivity index (χ3n) is 4.75. The quantitative estimate of drug-likeness (QED) is 0.733. The van der Waals surface area contributed by atoms with Crippen LogP contribution in [0.25, 0.3) is 11.3 Å². The number of amides is 1. The van der Waals surface area contributed by atoms with Crippen molar-refractivity contribution in [1.29, 1.82) is 0 Å². The topological polar surface area (TPSA) is 75.9 Å². The molecule has 0 spiro atoms. The van der Waals surface area contributed by atoms with Gasteiger partial charge in [-0.2, -0.15) is 5.10 Å². The van der Waals surface area contributed by atoms with Gasteiger partial charge in [0.2, 0.25) is 5.95 Å². The van der Waals surface area contributed by atoms with Crippen LogP contribution in [-0.4, -0.2) is 44.8 Å². The highest BCUT2D eigenvalue weighted by molar-refractivity contribution is 6.31. The predicted molar refractivity (Wildman–Crippen MR) is 109 cm³/mol. The minimum Gasteiger partial charge on any atom is -0.347 e. The molecule has 3 heterocycles. The van der Waals surface area contributed by atoms with Gasteiger partial charge in [-0.15, -0.1) is 0 Å². The van der Waals surface area contributed by atoms with Crippen molar-refractivity contribution in [3.05, 3.63) is 59.0 Å². The molecule has 3 aromatic rings. The summed E-state index contributed by atoms with van der Waals surface area (Å²) < 4.78 is 1.75. The molecule has 1 fully saturated rings. The Bertz CT molecular complexity index is 997. The number of aromatic nitrogens is 4. The lowest BCUT2D eigenvalue weighted by atomic mass is 10.1. The van der Waals surface area contributed by atoms with E-state index in [4.69, 9.17) is 11.6 Å². The van der Waals surface area contributed by atoms with Gasteiger partial charge in [-0.25, -0.2) is 9.97 Å². The van der Waals surface area contributed by atoms with E-state index in [-0.39, 0.29) is 11.9 Å². The summed E-state index contributed by atoms with van der Waals surface area (Å²) in [7, 11) is 1.88. The second-order valence-corrected chi connectivity index (χ2v) is 7.50. The van der Waals surface area contributed by atoms with Crippen LogP contribution >= 0.6 is 11.6 Å². The van der Waals surface area contributed by atoms with Crippen LogP contribution in [0.15, 0.2) is 42.9 Å². The molecule has 7 nitrogen and oxygen atoms in total. The van der Waals surface area contributed by atoms with Gasteiger partial charge in [-0.3, -0.25) is 9.48 Å². The Morgan fingerprint density at radius 2 is 2.18 bits per heavy atom. The summed E-state index contributed by atoms with van der Waals surface area (Å²) in [5, 5.41) is 7.85. The highest BCUT2D eigenvalue weighted by Crippen LogP contribution is 2.21. The molecule has 0 radical (unpaired) electrons. The van der Waals surface area contributed by atoms with E-state index in [9.17, 15) is 4.79 Å². The first-order valence-electron chi connectivity index (χ1n) is 9.13. The molecule has 0 aliphatic carbocycles. The van der Waals surface area contributed by atoms with Gasteiger partial charge in [-0.1, -0.05) is 11.6 Å². The summed E-state index contributed by atoms with van der Waals surface area (Å²) in [5.74, 6) is 0.555. The minimum atomic E-state index is -0.109. The van der Waals surface area contributed by atoms with E-state index in [1.807, 2.05) is 38.4 Å². The lowest BCUT2D eigenvalue weighted by Gasteiger charge is -2.17. The molecule has 0 saturated carbocycles. The zero-order chi connectivity index (χ0) is 19.7. The molecule has 1 amide bonds. The summed E-state index contributed by atoms with van der Waals surface area (Å²) >= 11 is 6.07. The normalized spacial score (nSPS) is 16.4. The maximum Gasteiger partial charge on any atom is 0.251 e. The molecule has 1 N–H and O–H groups in total. The Kier molecular flexibility index (Phi) is 5.00. The number of rotatable bonds is 4. The number of aryl methyl sites for hydroxylation is 2. The average molecular weight is 397 g/mol. The second kappa shape index (κ2) is 7.59. The van der Waals surface area contributed by atoms with Crippen LogP contribution in [0.5, 0.6) is 0 Å². The zero-order valence-corrected chi connectivity index (χ0v) is 16.5. The smallest absolute Gasteiger partial charge is 0.251 e. The standard InChI is InChI=1S/C20H21ClN6O/c1-13-7-14(9-16(21)8-13)19(28)24-17-4-6-27(12-17)20-22-5-3-18(25-20)15-10-23-26(2)11-15/h3,5,7-11,17H,4,6,12H2,1-2H3,(H,24,28). The summed E-state index contributed by atoms with van der Waals surface area (Å²) in [4.78, 5) is 23.7. The molecule has 1 unspecified atom stereocenters. The highest BCUT2D eigenvalue weighted by Gasteiger charge is 2.26. The van der Waals surface area contributed by atoms with E-state index in [1.54, 1.807) is 23.1 Å². The molecule has 144 valence electrons. The van der Waals surface area contributed by atoms with Crippen LogP contribution < -0.4 is 10.2 Å². The number of hydrogen-bond acceptors (Lipinski definition) is 5. The first-order valence-corrected chi connectivity index (χ1v) is 9.51. The van der Waals surface area contributed by atoms with Gasteiger partial charge in [0.1, 0.15) is 0 Å². The minimum absolute atomic E-state index is 0.0393. The van der Waals surface area contributed by atoms with Crippen LogP contribution in [0.4, 0.5) is 5.95 Å². The van der Waals surface area contributed by atoms with Gasteiger partial charge in [0, 0.05) is 54.7 Å². The predicted octanol–water partition coefficient (Wildman–Crippen LogP) is 2.85. The third-order valence-corrected chi connectivity index (χ3v) is 4.97. The monoisotopic (exact) mass is 396 g/mol. The van der Waals surface area contributed by atoms with Crippen molar-refractivity contribution in [2.75, 3.05) is 18.0 Å². The van der Waals surface area contributed by atoms with Crippen molar-refractivity contribution < 1.29 is 4.79 Å². The lowest BCUT2D eigenvalue weighted by Crippen LogP contribution is -2.37. The number of carbonyl (C=O) groups excluding carboxylic acids is 1. The molecular formula is C20H21ClN6O. The number of benzene rings is 1. The zero-order valence-electron chi connectivity index (χ0n) is 15.8. The number of carbonyl (C=O) groups is 1. The van der Waals surface area contributed by atoms with Crippen LogP contribution in [0.3, 0.4) is 0 Å². The van der Waals surface area contributed by atoms with Crippen molar-refractivity contribution >= 4 is 23.5 Å². The van der Waals surface area contributed by atoms with E-state index < -0.39 is 0 Å². The fourth-order valence-electron chi connectivity index (χ4n) is 3.41. The Morgan fingerprint density at radius 3 is 2.93 bits per heavy atom.